The van der Waals surface area contributed by atoms with Gasteiger partial charge in [-0.1, -0.05) is 23.5 Å². The van der Waals surface area contributed by atoms with Crippen LogP contribution in [0.1, 0.15) is 5.01 Å². The van der Waals surface area contributed by atoms with Crippen LogP contribution < -0.4 is 5.73 Å². The Morgan fingerprint density at radius 2 is 1.83 bits per heavy atom. The second kappa shape index (κ2) is 4.51. The van der Waals surface area contributed by atoms with Crippen molar-refractivity contribution in [2.75, 3.05) is 5.73 Å². The van der Waals surface area contributed by atoms with E-state index in [4.69, 9.17) is 5.73 Å². The molecule has 0 fully saturated rings. The summed E-state index contributed by atoms with van der Waals surface area (Å²) in [6.07, 6.45) is 0. The number of aryl methyl sites for hydroxylation is 1. The van der Waals surface area contributed by atoms with Crippen molar-refractivity contribution in [3.63, 3.8) is 0 Å². The molecule has 0 spiro atoms. The van der Waals surface area contributed by atoms with Crippen LogP contribution in [0.15, 0.2) is 33.6 Å². The number of nitrogens with zero attached hydrogens (tertiary/aromatic N) is 4. The number of nitrogens with two attached hydrogens (primary N) is 1. The minimum absolute atomic E-state index is 0.423. The van der Waals surface area contributed by atoms with E-state index >= 15 is 0 Å². The highest BCUT2D eigenvalue weighted by atomic mass is 32.2. The third-order valence-corrected chi connectivity index (χ3v) is 4.14. The molecule has 0 aliphatic rings. The third-order valence-electron chi connectivity index (χ3n) is 2.26. The minimum Gasteiger partial charge on any atom is -0.381 e. The fourth-order valence-corrected chi connectivity index (χ4v) is 3.20. The van der Waals surface area contributed by atoms with Gasteiger partial charge < -0.3 is 5.73 Å². The molecule has 0 aliphatic heterocycles. The summed E-state index contributed by atoms with van der Waals surface area (Å²) in [5, 5.41) is 9.60. The number of hydrogen-bond donors (Lipinski definition) is 1. The minimum atomic E-state index is 0.423. The first-order valence-electron chi connectivity index (χ1n) is 5.22. The molecule has 0 aliphatic carbocycles. The maximum absolute atomic E-state index is 5.90. The van der Waals surface area contributed by atoms with Crippen molar-refractivity contribution >= 4 is 39.9 Å². The highest BCUT2D eigenvalue weighted by Gasteiger charge is 2.10. The monoisotopic (exact) mass is 275 g/mol. The lowest BCUT2D eigenvalue weighted by Gasteiger charge is -2.03. The Kier molecular flexibility index (Phi) is 2.85. The highest BCUT2D eigenvalue weighted by molar-refractivity contribution is 8.01. The molecule has 0 atom stereocenters. The van der Waals surface area contributed by atoms with E-state index in [1.807, 2.05) is 31.2 Å². The maximum Gasteiger partial charge on any atom is 0.180 e. The molecule has 0 saturated heterocycles. The van der Waals surface area contributed by atoms with Crippen molar-refractivity contribution in [1.82, 2.24) is 20.2 Å². The molecule has 7 heteroatoms. The zero-order chi connectivity index (χ0) is 12.5. The summed E-state index contributed by atoms with van der Waals surface area (Å²) in [4.78, 5) is 8.82. The molecule has 0 radical (unpaired) electrons. The molecule has 0 bridgehead atoms. The van der Waals surface area contributed by atoms with E-state index in [-0.39, 0.29) is 0 Å². The van der Waals surface area contributed by atoms with Crippen LogP contribution >= 0.6 is 23.1 Å². The van der Waals surface area contributed by atoms with Crippen LogP contribution in [0.2, 0.25) is 0 Å². The van der Waals surface area contributed by atoms with Gasteiger partial charge in [-0.3, -0.25) is 0 Å². The molecular formula is C11H9N5S2. The van der Waals surface area contributed by atoms with Crippen molar-refractivity contribution < 1.29 is 0 Å². The van der Waals surface area contributed by atoms with Crippen LogP contribution in [0.4, 0.5) is 5.82 Å². The normalized spacial score (nSPS) is 10.9. The highest BCUT2D eigenvalue weighted by Crippen LogP contribution is 2.32. The van der Waals surface area contributed by atoms with Crippen LogP contribution in [0.5, 0.6) is 0 Å². The first-order valence-corrected chi connectivity index (χ1v) is 6.86. The van der Waals surface area contributed by atoms with Crippen molar-refractivity contribution in [3.05, 3.63) is 29.3 Å². The average molecular weight is 275 g/mol. The van der Waals surface area contributed by atoms with Gasteiger partial charge >= 0.3 is 0 Å². The largest absolute Gasteiger partial charge is 0.381 e. The predicted octanol–water partition coefficient (Wildman–Crippen LogP) is 2.52. The number of rotatable bonds is 2. The van der Waals surface area contributed by atoms with Gasteiger partial charge in [0, 0.05) is 0 Å². The maximum atomic E-state index is 5.90. The molecule has 0 unspecified atom stereocenters. The SMILES string of the molecule is Cc1nnc(Sc2nc3ccccc3nc2N)s1. The second-order valence-electron chi connectivity index (χ2n) is 3.59. The van der Waals surface area contributed by atoms with E-state index in [0.29, 0.717) is 10.8 Å². The van der Waals surface area contributed by atoms with Crippen LogP contribution in [0.25, 0.3) is 11.0 Å². The fourth-order valence-electron chi connectivity index (χ4n) is 1.47. The number of hydrogen-bond acceptors (Lipinski definition) is 7. The van der Waals surface area contributed by atoms with Crippen LogP contribution in [0, 0.1) is 6.92 Å². The van der Waals surface area contributed by atoms with E-state index < -0.39 is 0 Å². The van der Waals surface area contributed by atoms with Crippen LogP contribution in [-0.2, 0) is 0 Å². The van der Waals surface area contributed by atoms with Crippen LogP contribution in [-0.4, -0.2) is 20.2 Å². The Hall–Kier alpha value is -1.73. The number of nitrogen functional groups attached to an aromatic ring is 1. The lowest BCUT2D eigenvalue weighted by atomic mass is 10.3. The van der Waals surface area contributed by atoms with Crippen molar-refractivity contribution in [3.8, 4) is 0 Å². The molecule has 90 valence electrons. The van der Waals surface area contributed by atoms with Crippen molar-refractivity contribution in [2.45, 2.75) is 16.3 Å². The molecule has 3 aromatic rings. The average Bonchev–Trinajstić information content (AvgIpc) is 2.76. The van der Waals surface area contributed by atoms with Crippen molar-refractivity contribution in [2.24, 2.45) is 0 Å². The van der Waals surface area contributed by atoms with Gasteiger partial charge in [0.1, 0.15) is 10.0 Å². The Balaban J connectivity index is 2.03. The Labute approximate surface area is 111 Å². The molecule has 2 aromatic heterocycles. The summed E-state index contributed by atoms with van der Waals surface area (Å²) in [5.74, 6) is 0.423. The molecule has 0 saturated carbocycles. The zero-order valence-corrected chi connectivity index (χ0v) is 11.1. The number of para-hydroxylation sites is 2. The molecule has 2 heterocycles. The smallest absolute Gasteiger partial charge is 0.180 e. The Morgan fingerprint density at radius 1 is 1.11 bits per heavy atom. The molecule has 5 nitrogen and oxygen atoms in total. The standard InChI is InChI=1S/C11H9N5S2/c1-6-15-16-11(17-6)18-10-9(12)13-7-4-2-3-5-8(7)14-10/h2-5H,1H3,(H2,12,13). The van der Waals surface area contributed by atoms with Gasteiger partial charge in [0.2, 0.25) is 0 Å². The van der Waals surface area contributed by atoms with Gasteiger partial charge in [-0.25, -0.2) is 9.97 Å². The van der Waals surface area contributed by atoms with Crippen LogP contribution in [0.3, 0.4) is 0 Å². The van der Waals surface area contributed by atoms with E-state index in [1.54, 1.807) is 0 Å². The first kappa shape index (κ1) is 11.4. The summed E-state index contributed by atoms with van der Waals surface area (Å²) in [6, 6.07) is 7.65. The topological polar surface area (TPSA) is 77.6 Å². The first-order chi connectivity index (χ1) is 8.72. The van der Waals surface area contributed by atoms with Gasteiger partial charge in [-0.15, -0.1) is 10.2 Å². The Bertz CT molecular complexity index is 709. The van der Waals surface area contributed by atoms with Gasteiger partial charge in [0.15, 0.2) is 10.2 Å². The van der Waals surface area contributed by atoms with Gasteiger partial charge in [-0.2, -0.15) is 0 Å². The van der Waals surface area contributed by atoms with E-state index in [0.717, 1.165) is 20.4 Å². The van der Waals surface area contributed by atoms with E-state index in [2.05, 4.69) is 20.2 Å². The summed E-state index contributed by atoms with van der Waals surface area (Å²) in [5.41, 5.74) is 7.53. The Morgan fingerprint density at radius 3 is 2.50 bits per heavy atom. The summed E-state index contributed by atoms with van der Waals surface area (Å²) in [6.45, 7) is 1.91. The lowest BCUT2D eigenvalue weighted by molar-refractivity contribution is 0.981. The molecule has 18 heavy (non-hydrogen) atoms. The molecule has 1 aromatic carbocycles. The quantitative estimate of drug-likeness (QED) is 0.774. The number of aromatic nitrogens is 4. The van der Waals surface area contributed by atoms with Gasteiger partial charge in [-0.05, 0) is 30.8 Å². The molecule has 0 amide bonds. The second-order valence-corrected chi connectivity index (χ2v) is 6.01. The molecule has 2 N–H and O–H groups in total. The summed E-state index contributed by atoms with van der Waals surface area (Å²) in [7, 11) is 0. The predicted molar refractivity (Wildman–Crippen MR) is 72.7 cm³/mol. The number of anilines is 1. The van der Waals surface area contributed by atoms with Gasteiger partial charge in [0.05, 0.1) is 11.0 Å². The van der Waals surface area contributed by atoms with Gasteiger partial charge in [0.25, 0.3) is 0 Å². The fraction of sp³-hybridized carbons (Fsp3) is 0.0909. The number of fused-ring (bicyclic) bond motifs is 1. The van der Waals surface area contributed by atoms with Crippen molar-refractivity contribution in [1.29, 1.82) is 0 Å². The molecular weight excluding hydrogens is 266 g/mol. The third kappa shape index (κ3) is 2.14. The number of benzene rings is 1. The zero-order valence-electron chi connectivity index (χ0n) is 9.49. The summed E-state index contributed by atoms with van der Waals surface area (Å²) >= 11 is 2.91. The molecule has 3 rings (SSSR count). The lowest BCUT2D eigenvalue weighted by Crippen LogP contribution is -1.97. The van der Waals surface area contributed by atoms with E-state index in [9.17, 15) is 0 Å². The van der Waals surface area contributed by atoms with E-state index in [1.165, 1.54) is 23.1 Å². The summed E-state index contributed by atoms with van der Waals surface area (Å²) < 4.78 is 0.823.